The summed E-state index contributed by atoms with van der Waals surface area (Å²) in [6, 6.07) is 3.87. The van der Waals surface area contributed by atoms with Crippen molar-refractivity contribution >= 4 is 0 Å². The predicted molar refractivity (Wildman–Crippen MR) is 45.5 cm³/mol. The molecule has 0 saturated carbocycles. The topological polar surface area (TPSA) is 54.8 Å². The molecule has 0 unspecified atom stereocenters. The van der Waals surface area contributed by atoms with Gasteiger partial charge >= 0.3 is 0 Å². The van der Waals surface area contributed by atoms with Crippen LogP contribution in [0.15, 0.2) is 35.4 Å². The molecule has 2 aromatic heterocycles. The molecule has 2 heterocycles. The third kappa shape index (κ3) is 1.44. The van der Waals surface area contributed by atoms with Crippen LogP contribution in [0.4, 0.5) is 0 Å². The lowest BCUT2D eigenvalue weighted by Crippen LogP contribution is -1.93. The molecule has 0 radical (unpaired) electrons. The average molecular weight is 173 g/mol. The Morgan fingerprint density at radius 1 is 1.54 bits per heavy atom. The maximum absolute atomic E-state index is 8.43. The van der Waals surface area contributed by atoms with Gasteiger partial charge in [-0.1, -0.05) is 0 Å². The molecule has 64 valence electrons. The summed E-state index contributed by atoms with van der Waals surface area (Å²) in [5.74, 6) is 0. The van der Waals surface area contributed by atoms with Gasteiger partial charge in [0.2, 0.25) is 0 Å². The van der Waals surface area contributed by atoms with E-state index in [1.54, 1.807) is 23.4 Å². The minimum atomic E-state index is 0.276. The van der Waals surface area contributed by atoms with E-state index in [0.29, 0.717) is 0 Å². The molecule has 0 aliphatic carbocycles. The van der Waals surface area contributed by atoms with Crippen LogP contribution in [0.1, 0.15) is 0 Å². The summed E-state index contributed by atoms with van der Waals surface area (Å²) in [6.07, 6.45) is 6.78. The van der Waals surface area contributed by atoms with E-state index < -0.39 is 0 Å². The van der Waals surface area contributed by atoms with Gasteiger partial charge in [-0.3, -0.25) is 4.68 Å². The minimum absolute atomic E-state index is 0.276. The first kappa shape index (κ1) is 7.62. The standard InChI is InChI=1S/C9H7N3O/c10-2-3-12-6-9(5-11-12)8-1-4-13-7-8/h1,4-7H,3H2. The van der Waals surface area contributed by atoms with Gasteiger partial charge in [-0.05, 0) is 6.07 Å². The van der Waals surface area contributed by atoms with E-state index in [1.165, 1.54) is 0 Å². The summed E-state index contributed by atoms with van der Waals surface area (Å²) < 4.78 is 6.52. The van der Waals surface area contributed by atoms with Gasteiger partial charge in [-0.2, -0.15) is 10.4 Å². The lowest BCUT2D eigenvalue weighted by molar-refractivity contribution is 0.568. The van der Waals surface area contributed by atoms with Gasteiger partial charge in [0.15, 0.2) is 0 Å². The molecule has 4 nitrogen and oxygen atoms in total. The van der Waals surface area contributed by atoms with Crippen molar-refractivity contribution in [2.24, 2.45) is 0 Å². The maximum atomic E-state index is 8.43. The quantitative estimate of drug-likeness (QED) is 0.694. The lowest BCUT2D eigenvalue weighted by Gasteiger charge is -1.88. The van der Waals surface area contributed by atoms with E-state index in [-0.39, 0.29) is 6.54 Å². The molecular weight excluding hydrogens is 166 g/mol. The number of rotatable bonds is 2. The minimum Gasteiger partial charge on any atom is -0.472 e. The van der Waals surface area contributed by atoms with Crippen LogP contribution >= 0.6 is 0 Å². The van der Waals surface area contributed by atoms with Crippen LogP contribution < -0.4 is 0 Å². The second kappa shape index (κ2) is 3.15. The van der Waals surface area contributed by atoms with Crippen LogP contribution in [0.3, 0.4) is 0 Å². The fourth-order valence-electron chi connectivity index (χ4n) is 1.10. The van der Waals surface area contributed by atoms with E-state index >= 15 is 0 Å². The molecule has 2 rings (SSSR count). The largest absolute Gasteiger partial charge is 0.472 e. The van der Waals surface area contributed by atoms with E-state index in [2.05, 4.69) is 5.10 Å². The zero-order valence-corrected chi connectivity index (χ0v) is 6.84. The molecule has 0 N–H and O–H groups in total. The molecule has 0 saturated heterocycles. The monoisotopic (exact) mass is 173 g/mol. The van der Waals surface area contributed by atoms with E-state index in [9.17, 15) is 0 Å². The van der Waals surface area contributed by atoms with Crippen molar-refractivity contribution in [3.05, 3.63) is 31.0 Å². The highest BCUT2D eigenvalue weighted by Crippen LogP contribution is 2.18. The van der Waals surface area contributed by atoms with Crippen molar-refractivity contribution < 1.29 is 4.42 Å². The Labute approximate surface area is 75.0 Å². The van der Waals surface area contributed by atoms with Gasteiger partial charge in [0.1, 0.15) is 6.54 Å². The highest BCUT2D eigenvalue weighted by atomic mass is 16.3. The average Bonchev–Trinajstić information content (AvgIpc) is 2.70. The van der Waals surface area contributed by atoms with Gasteiger partial charge in [0.25, 0.3) is 0 Å². The van der Waals surface area contributed by atoms with Crippen molar-refractivity contribution in [2.45, 2.75) is 6.54 Å². The summed E-state index contributed by atoms with van der Waals surface area (Å²) in [7, 11) is 0. The van der Waals surface area contributed by atoms with E-state index in [1.807, 2.05) is 18.3 Å². The van der Waals surface area contributed by atoms with Crippen LogP contribution in [0.25, 0.3) is 11.1 Å². The van der Waals surface area contributed by atoms with Crippen molar-refractivity contribution in [1.82, 2.24) is 9.78 Å². The third-order valence-electron chi connectivity index (χ3n) is 1.72. The van der Waals surface area contributed by atoms with E-state index in [0.717, 1.165) is 11.1 Å². The number of nitrogens with zero attached hydrogens (tertiary/aromatic N) is 3. The zero-order valence-electron chi connectivity index (χ0n) is 6.84. The smallest absolute Gasteiger partial charge is 0.128 e. The van der Waals surface area contributed by atoms with Crippen LogP contribution in [0.2, 0.25) is 0 Å². The molecule has 0 aliphatic heterocycles. The number of nitriles is 1. The van der Waals surface area contributed by atoms with Crippen LogP contribution in [-0.4, -0.2) is 9.78 Å². The zero-order chi connectivity index (χ0) is 9.10. The summed E-state index contributed by atoms with van der Waals surface area (Å²) >= 11 is 0. The summed E-state index contributed by atoms with van der Waals surface area (Å²) in [4.78, 5) is 0. The summed E-state index contributed by atoms with van der Waals surface area (Å²) in [6.45, 7) is 0.276. The molecule has 0 aliphatic rings. The molecule has 0 aromatic carbocycles. The fourth-order valence-corrected chi connectivity index (χ4v) is 1.10. The SMILES string of the molecule is N#CCn1cc(-c2ccoc2)cn1. The first-order valence-corrected chi connectivity index (χ1v) is 3.82. The number of furan rings is 1. The van der Waals surface area contributed by atoms with E-state index in [4.69, 9.17) is 9.68 Å². The van der Waals surface area contributed by atoms with Gasteiger partial charge in [0.05, 0.1) is 24.8 Å². The molecule has 2 aromatic rings. The number of aromatic nitrogens is 2. The van der Waals surface area contributed by atoms with Crippen molar-refractivity contribution in [3.8, 4) is 17.2 Å². The molecule has 0 spiro atoms. The Bertz CT molecular complexity index is 422. The molecule has 13 heavy (non-hydrogen) atoms. The van der Waals surface area contributed by atoms with Gasteiger partial charge in [-0.15, -0.1) is 0 Å². The molecule has 0 bridgehead atoms. The molecule has 0 fully saturated rings. The Morgan fingerprint density at radius 2 is 2.46 bits per heavy atom. The first-order valence-electron chi connectivity index (χ1n) is 3.82. The van der Waals surface area contributed by atoms with Crippen LogP contribution in [0.5, 0.6) is 0 Å². The van der Waals surface area contributed by atoms with Crippen molar-refractivity contribution in [3.63, 3.8) is 0 Å². The fraction of sp³-hybridized carbons (Fsp3) is 0.111. The maximum Gasteiger partial charge on any atom is 0.128 e. The Kier molecular flexibility index (Phi) is 1.85. The Balaban J connectivity index is 2.29. The van der Waals surface area contributed by atoms with Crippen LogP contribution in [0, 0.1) is 11.3 Å². The molecular formula is C9H7N3O. The van der Waals surface area contributed by atoms with Crippen molar-refractivity contribution in [1.29, 1.82) is 5.26 Å². The molecule has 0 atom stereocenters. The normalized spacial score (nSPS) is 9.77. The van der Waals surface area contributed by atoms with Crippen LogP contribution in [-0.2, 0) is 6.54 Å². The summed E-state index contributed by atoms with van der Waals surface area (Å²) in [5, 5.41) is 12.4. The first-order chi connectivity index (χ1) is 6.40. The van der Waals surface area contributed by atoms with Gasteiger partial charge in [0, 0.05) is 17.3 Å². The Morgan fingerprint density at radius 3 is 3.15 bits per heavy atom. The number of hydrogen-bond acceptors (Lipinski definition) is 3. The lowest BCUT2D eigenvalue weighted by atomic mass is 10.2. The second-order valence-corrected chi connectivity index (χ2v) is 2.60. The molecule has 0 amide bonds. The summed E-state index contributed by atoms with van der Waals surface area (Å²) in [5.41, 5.74) is 1.94. The van der Waals surface area contributed by atoms with Gasteiger partial charge < -0.3 is 4.42 Å². The van der Waals surface area contributed by atoms with Crippen molar-refractivity contribution in [2.75, 3.05) is 0 Å². The highest BCUT2D eigenvalue weighted by molar-refractivity contribution is 5.59. The molecule has 4 heteroatoms. The third-order valence-corrected chi connectivity index (χ3v) is 1.72. The second-order valence-electron chi connectivity index (χ2n) is 2.60. The highest BCUT2D eigenvalue weighted by Gasteiger charge is 2.01. The Hall–Kier alpha value is -2.02. The number of hydrogen-bond donors (Lipinski definition) is 0. The predicted octanol–water partition coefficient (Wildman–Crippen LogP) is 1.67. The van der Waals surface area contributed by atoms with Gasteiger partial charge in [-0.25, -0.2) is 0 Å².